The molecule has 1 amide bonds. The molecule has 0 radical (unpaired) electrons. The first kappa shape index (κ1) is 16.0. The van der Waals surface area contributed by atoms with Gasteiger partial charge >= 0.3 is 0 Å². The third-order valence-corrected chi connectivity index (χ3v) is 4.15. The van der Waals surface area contributed by atoms with Crippen LogP contribution in [0, 0.1) is 0 Å². The lowest BCUT2D eigenvalue weighted by Gasteiger charge is -2.09. The summed E-state index contributed by atoms with van der Waals surface area (Å²) < 4.78 is 1.66. The number of carbonyl (C=O) groups excluding carboxylic acids is 1. The maximum absolute atomic E-state index is 12.4. The van der Waals surface area contributed by atoms with Gasteiger partial charge in [-0.3, -0.25) is 4.79 Å². The lowest BCUT2D eigenvalue weighted by atomic mass is 10.2. The number of halogens is 1. The lowest BCUT2D eigenvalue weighted by molar-refractivity contribution is 0.0929. The van der Waals surface area contributed by atoms with Crippen LogP contribution < -0.4 is 10.6 Å². The van der Waals surface area contributed by atoms with Gasteiger partial charge < -0.3 is 10.6 Å². The van der Waals surface area contributed by atoms with Crippen LogP contribution in [0.25, 0.3) is 5.69 Å². The number of para-hydroxylation sites is 1. The lowest BCUT2D eigenvalue weighted by Crippen LogP contribution is -2.36. The highest BCUT2D eigenvalue weighted by atomic mass is 35.5. The molecule has 122 valence electrons. The second-order valence-corrected chi connectivity index (χ2v) is 6.38. The molecule has 2 N–H and O–H groups in total. The molecule has 1 fully saturated rings. The molecule has 0 aliphatic carbocycles. The average molecular weight is 334 g/mol. The molecule has 1 atom stereocenters. The van der Waals surface area contributed by atoms with Crippen molar-refractivity contribution in [2.24, 2.45) is 0 Å². The largest absolute Gasteiger partial charge is 0.345 e. The van der Waals surface area contributed by atoms with Crippen molar-refractivity contribution in [3.8, 4) is 5.69 Å². The van der Waals surface area contributed by atoms with Crippen molar-refractivity contribution in [1.82, 2.24) is 25.4 Å². The SMILES string of the molecule is CC(C)c1nc(C(=O)NC2CCNC2)nn1-c1ccccc1Cl. The van der Waals surface area contributed by atoms with Crippen molar-refractivity contribution >= 4 is 17.5 Å². The van der Waals surface area contributed by atoms with Crippen LogP contribution in [0.4, 0.5) is 0 Å². The third kappa shape index (κ3) is 3.38. The topological polar surface area (TPSA) is 71.8 Å². The highest BCUT2D eigenvalue weighted by Gasteiger charge is 2.23. The second kappa shape index (κ2) is 6.68. The molecule has 0 bridgehead atoms. The summed E-state index contributed by atoms with van der Waals surface area (Å²) in [4.78, 5) is 16.8. The molecule has 2 aromatic rings. The summed E-state index contributed by atoms with van der Waals surface area (Å²) in [5.74, 6) is 0.771. The summed E-state index contributed by atoms with van der Waals surface area (Å²) in [6.45, 7) is 5.73. The maximum Gasteiger partial charge on any atom is 0.291 e. The standard InChI is InChI=1S/C16H20ClN5O/c1-10(2)15-20-14(16(23)19-11-7-8-18-9-11)21-22(15)13-6-4-3-5-12(13)17/h3-6,10-11,18H,7-9H2,1-2H3,(H,19,23). The molecule has 0 spiro atoms. The van der Waals surface area contributed by atoms with E-state index in [0.717, 1.165) is 25.2 Å². The Morgan fingerprint density at radius 1 is 1.43 bits per heavy atom. The van der Waals surface area contributed by atoms with Crippen LogP contribution in [0.3, 0.4) is 0 Å². The first-order valence-corrected chi connectivity index (χ1v) is 8.17. The zero-order valence-electron chi connectivity index (χ0n) is 13.2. The molecule has 7 heteroatoms. The number of carbonyl (C=O) groups is 1. The Hall–Kier alpha value is -1.92. The predicted octanol–water partition coefficient (Wildman–Crippen LogP) is 2.14. The molecular formula is C16H20ClN5O. The quantitative estimate of drug-likeness (QED) is 0.899. The Labute approximate surface area is 140 Å². The summed E-state index contributed by atoms with van der Waals surface area (Å²) in [5, 5.41) is 11.2. The van der Waals surface area contributed by atoms with E-state index in [1.165, 1.54) is 0 Å². The van der Waals surface area contributed by atoms with Gasteiger partial charge in [0.2, 0.25) is 5.82 Å². The van der Waals surface area contributed by atoms with Gasteiger partial charge in [0.05, 0.1) is 10.7 Å². The van der Waals surface area contributed by atoms with Gasteiger partial charge in [0.15, 0.2) is 0 Å². The van der Waals surface area contributed by atoms with Crippen molar-refractivity contribution in [2.45, 2.75) is 32.2 Å². The number of benzene rings is 1. The number of nitrogens with one attached hydrogen (secondary N) is 2. The molecule has 6 nitrogen and oxygen atoms in total. The fourth-order valence-electron chi connectivity index (χ4n) is 2.62. The van der Waals surface area contributed by atoms with Gasteiger partial charge in [-0.2, -0.15) is 0 Å². The Kier molecular flexibility index (Phi) is 4.63. The van der Waals surface area contributed by atoms with Crippen molar-refractivity contribution in [1.29, 1.82) is 0 Å². The fraction of sp³-hybridized carbons (Fsp3) is 0.438. The van der Waals surface area contributed by atoms with Crippen LogP contribution in [-0.2, 0) is 0 Å². The van der Waals surface area contributed by atoms with Gasteiger partial charge in [-0.15, -0.1) is 5.10 Å². The average Bonchev–Trinajstić information content (AvgIpc) is 3.16. The molecule has 1 aromatic carbocycles. The molecule has 2 heterocycles. The van der Waals surface area contributed by atoms with E-state index in [1.807, 2.05) is 32.0 Å². The van der Waals surface area contributed by atoms with Crippen LogP contribution in [0.15, 0.2) is 24.3 Å². The van der Waals surface area contributed by atoms with Crippen molar-refractivity contribution in [3.63, 3.8) is 0 Å². The van der Waals surface area contributed by atoms with E-state index in [1.54, 1.807) is 10.7 Å². The monoisotopic (exact) mass is 333 g/mol. The van der Waals surface area contributed by atoms with E-state index in [4.69, 9.17) is 11.6 Å². The van der Waals surface area contributed by atoms with E-state index in [0.29, 0.717) is 10.8 Å². The van der Waals surface area contributed by atoms with Gasteiger partial charge in [0.25, 0.3) is 5.91 Å². The molecule has 23 heavy (non-hydrogen) atoms. The summed E-state index contributed by atoms with van der Waals surface area (Å²) >= 11 is 6.26. The van der Waals surface area contributed by atoms with E-state index in [9.17, 15) is 4.79 Å². The summed E-state index contributed by atoms with van der Waals surface area (Å²) in [6.07, 6.45) is 0.925. The van der Waals surface area contributed by atoms with Crippen LogP contribution in [0.1, 0.15) is 42.6 Å². The number of amides is 1. The number of hydrogen-bond donors (Lipinski definition) is 2. The summed E-state index contributed by atoms with van der Waals surface area (Å²) in [6, 6.07) is 7.55. The van der Waals surface area contributed by atoms with Crippen LogP contribution >= 0.6 is 11.6 Å². The van der Waals surface area contributed by atoms with E-state index < -0.39 is 0 Å². The highest BCUT2D eigenvalue weighted by Crippen LogP contribution is 2.23. The molecular weight excluding hydrogens is 314 g/mol. The summed E-state index contributed by atoms with van der Waals surface area (Å²) in [7, 11) is 0. The number of aromatic nitrogens is 3. The van der Waals surface area contributed by atoms with Crippen molar-refractivity contribution in [2.75, 3.05) is 13.1 Å². The Morgan fingerprint density at radius 2 is 2.22 bits per heavy atom. The van der Waals surface area contributed by atoms with Gasteiger partial charge in [-0.1, -0.05) is 37.6 Å². The minimum atomic E-state index is -0.244. The zero-order chi connectivity index (χ0) is 16.4. The Morgan fingerprint density at radius 3 is 2.87 bits per heavy atom. The van der Waals surface area contributed by atoms with Crippen LogP contribution in [-0.4, -0.2) is 39.8 Å². The minimum absolute atomic E-state index is 0.119. The van der Waals surface area contributed by atoms with Crippen LogP contribution in [0.2, 0.25) is 5.02 Å². The zero-order valence-corrected chi connectivity index (χ0v) is 14.0. The maximum atomic E-state index is 12.4. The number of rotatable bonds is 4. The first-order chi connectivity index (χ1) is 11.1. The molecule has 1 aliphatic heterocycles. The molecule has 3 rings (SSSR count). The molecule has 1 saturated heterocycles. The van der Waals surface area contributed by atoms with Crippen LogP contribution in [0.5, 0.6) is 0 Å². The number of hydrogen-bond acceptors (Lipinski definition) is 4. The normalized spacial score (nSPS) is 17.7. The van der Waals surface area contributed by atoms with Crippen molar-refractivity contribution < 1.29 is 4.79 Å². The molecule has 1 unspecified atom stereocenters. The number of nitrogens with zero attached hydrogens (tertiary/aromatic N) is 3. The summed E-state index contributed by atoms with van der Waals surface area (Å²) in [5.41, 5.74) is 0.729. The predicted molar refractivity (Wildman–Crippen MR) is 89.2 cm³/mol. The van der Waals surface area contributed by atoms with E-state index in [-0.39, 0.29) is 23.7 Å². The molecule has 1 aromatic heterocycles. The van der Waals surface area contributed by atoms with Gasteiger partial charge in [0, 0.05) is 18.5 Å². The second-order valence-electron chi connectivity index (χ2n) is 5.97. The highest BCUT2D eigenvalue weighted by molar-refractivity contribution is 6.32. The van der Waals surface area contributed by atoms with Crippen molar-refractivity contribution in [3.05, 3.63) is 40.9 Å². The molecule has 1 aliphatic rings. The van der Waals surface area contributed by atoms with E-state index in [2.05, 4.69) is 20.7 Å². The minimum Gasteiger partial charge on any atom is -0.345 e. The smallest absolute Gasteiger partial charge is 0.291 e. The fourth-order valence-corrected chi connectivity index (χ4v) is 2.84. The van der Waals surface area contributed by atoms with Gasteiger partial charge in [-0.25, -0.2) is 9.67 Å². The Bertz CT molecular complexity index is 706. The first-order valence-electron chi connectivity index (χ1n) is 7.79. The van der Waals surface area contributed by atoms with E-state index >= 15 is 0 Å². The van der Waals surface area contributed by atoms with Gasteiger partial charge in [-0.05, 0) is 25.1 Å². The Balaban J connectivity index is 1.92. The van der Waals surface area contributed by atoms with Gasteiger partial charge in [0.1, 0.15) is 5.82 Å². The molecule has 0 saturated carbocycles. The third-order valence-electron chi connectivity index (χ3n) is 3.83.